The van der Waals surface area contributed by atoms with Crippen LogP contribution in [0.3, 0.4) is 0 Å². The number of aromatic nitrogens is 6. The van der Waals surface area contributed by atoms with Crippen LogP contribution in [-0.4, -0.2) is 74.4 Å². The number of benzene rings is 2. The van der Waals surface area contributed by atoms with Crippen molar-refractivity contribution in [1.29, 1.82) is 0 Å². The maximum atomic E-state index is 13.1. The van der Waals surface area contributed by atoms with E-state index in [4.69, 9.17) is 9.47 Å². The zero-order valence-corrected chi connectivity index (χ0v) is 24.7. The van der Waals surface area contributed by atoms with Crippen molar-refractivity contribution in [2.24, 2.45) is 0 Å². The highest BCUT2D eigenvalue weighted by Crippen LogP contribution is 2.34. The second-order valence-electron chi connectivity index (χ2n) is 9.74. The average Bonchev–Trinajstić information content (AvgIpc) is 3.62. The standard InChI is InChI=1S/C26H20N10O12/c1-3-9-47-25(37)21-19-23(31(29-21)15-7-5-13(33(39)40)11-17(15)35(43)44)28-24-20(27-19)22(26(38)48-10-4-2)30-32(24)16-8-6-14(34(41)42)12-18(16)36(45)46/h5-8,11-12H,3-4,9-10H2,1-2H3. The van der Waals surface area contributed by atoms with Crippen LogP contribution in [0.2, 0.25) is 0 Å². The van der Waals surface area contributed by atoms with Crippen LogP contribution in [0, 0.1) is 40.5 Å². The van der Waals surface area contributed by atoms with Gasteiger partial charge >= 0.3 is 23.3 Å². The van der Waals surface area contributed by atoms with Crippen molar-refractivity contribution in [3.63, 3.8) is 0 Å². The smallest absolute Gasteiger partial charge is 0.361 e. The number of ether oxygens (including phenoxy) is 2. The van der Waals surface area contributed by atoms with E-state index < -0.39 is 77.1 Å². The van der Waals surface area contributed by atoms with Crippen LogP contribution < -0.4 is 0 Å². The molecule has 246 valence electrons. The molecule has 48 heavy (non-hydrogen) atoms. The summed E-state index contributed by atoms with van der Waals surface area (Å²) in [6.07, 6.45) is 0.810. The fraction of sp³-hybridized carbons (Fsp3) is 0.231. The van der Waals surface area contributed by atoms with Crippen LogP contribution in [-0.2, 0) is 9.47 Å². The van der Waals surface area contributed by atoms with E-state index in [1.807, 2.05) is 0 Å². The molecule has 3 aromatic heterocycles. The maximum Gasteiger partial charge on any atom is 0.361 e. The molecule has 0 saturated heterocycles. The molecule has 0 unspecified atom stereocenters. The summed E-state index contributed by atoms with van der Waals surface area (Å²) in [5.41, 5.74) is -6.16. The molecule has 2 aromatic carbocycles. The van der Waals surface area contributed by atoms with Crippen molar-refractivity contribution in [3.05, 3.63) is 88.2 Å². The van der Waals surface area contributed by atoms with E-state index in [9.17, 15) is 50.0 Å². The van der Waals surface area contributed by atoms with Gasteiger partial charge in [0, 0.05) is 12.1 Å². The lowest BCUT2D eigenvalue weighted by Crippen LogP contribution is -2.09. The number of fused-ring (bicyclic) bond motifs is 2. The zero-order valence-electron chi connectivity index (χ0n) is 24.7. The van der Waals surface area contributed by atoms with Crippen molar-refractivity contribution in [1.82, 2.24) is 29.5 Å². The van der Waals surface area contributed by atoms with Crippen molar-refractivity contribution >= 4 is 57.0 Å². The monoisotopic (exact) mass is 664 g/mol. The normalized spacial score (nSPS) is 11.0. The Bertz CT molecular complexity index is 2040. The number of hydrogen-bond acceptors (Lipinski definition) is 16. The highest BCUT2D eigenvalue weighted by molar-refractivity contribution is 6.05. The second kappa shape index (κ2) is 12.8. The van der Waals surface area contributed by atoms with Crippen molar-refractivity contribution < 1.29 is 38.8 Å². The third-order valence-corrected chi connectivity index (χ3v) is 6.56. The first-order chi connectivity index (χ1) is 22.9. The Kier molecular flexibility index (Phi) is 8.62. The van der Waals surface area contributed by atoms with Gasteiger partial charge in [0.25, 0.3) is 11.4 Å². The lowest BCUT2D eigenvalue weighted by molar-refractivity contribution is -0.394. The molecule has 0 atom stereocenters. The summed E-state index contributed by atoms with van der Waals surface area (Å²) in [6.45, 7) is 3.31. The number of hydrogen-bond donors (Lipinski definition) is 0. The Morgan fingerprint density at radius 3 is 1.38 bits per heavy atom. The van der Waals surface area contributed by atoms with Crippen LogP contribution in [0.5, 0.6) is 0 Å². The van der Waals surface area contributed by atoms with Crippen LogP contribution in [0.25, 0.3) is 33.7 Å². The van der Waals surface area contributed by atoms with Crippen molar-refractivity contribution in [3.8, 4) is 11.4 Å². The van der Waals surface area contributed by atoms with Gasteiger partial charge in [-0.05, 0) is 25.0 Å². The molecule has 0 N–H and O–H groups in total. The number of rotatable bonds is 12. The molecule has 3 heterocycles. The van der Waals surface area contributed by atoms with Gasteiger partial charge < -0.3 is 9.47 Å². The second-order valence-corrected chi connectivity index (χ2v) is 9.74. The van der Waals surface area contributed by atoms with Crippen molar-refractivity contribution in [2.75, 3.05) is 13.2 Å². The zero-order chi connectivity index (χ0) is 34.9. The summed E-state index contributed by atoms with van der Waals surface area (Å²) in [7, 11) is 0. The Labute approximate surface area is 265 Å². The highest BCUT2D eigenvalue weighted by Gasteiger charge is 2.32. The number of non-ortho nitro benzene ring substituents is 2. The van der Waals surface area contributed by atoms with E-state index >= 15 is 0 Å². The van der Waals surface area contributed by atoms with E-state index in [2.05, 4.69) is 20.2 Å². The quantitative estimate of drug-likeness (QED) is 0.104. The summed E-state index contributed by atoms with van der Waals surface area (Å²) < 4.78 is 12.0. The van der Waals surface area contributed by atoms with E-state index in [1.54, 1.807) is 13.8 Å². The number of nitro benzene ring substituents is 4. The number of nitro groups is 4. The first kappa shape index (κ1) is 32.4. The Morgan fingerprint density at radius 2 is 1.04 bits per heavy atom. The molecule has 0 radical (unpaired) electrons. The van der Waals surface area contributed by atoms with E-state index in [-0.39, 0.29) is 35.5 Å². The number of carbonyl (C=O) groups is 2. The van der Waals surface area contributed by atoms with Crippen LogP contribution in [0.4, 0.5) is 22.7 Å². The SMILES string of the molecule is CCCOC(=O)c1nn(-c2ccc([N+](=O)[O-])cc2[N+](=O)[O-])c2nc3c(nc12)c(C(=O)OCCC)nn3-c1ccc([N+](=O)[O-])cc1[N+](=O)[O-]. The molecule has 0 saturated carbocycles. The van der Waals surface area contributed by atoms with Crippen LogP contribution in [0.15, 0.2) is 36.4 Å². The van der Waals surface area contributed by atoms with E-state index in [0.29, 0.717) is 25.0 Å². The summed E-state index contributed by atoms with van der Waals surface area (Å²) in [4.78, 5) is 78.2. The van der Waals surface area contributed by atoms with E-state index in [0.717, 1.165) is 33.6 Å². The van der Waals surface area contributed by atoms with Gasteiger partial charge in [0.15, 0.2) is 22.7 Å². The minimum absolute atomic E-state index is 0.0587. The molecule has 22 heteroatoms. The molecule has 0 amide bonds. The topological polar surface area (TPSA) is 287 Å². The van der Waals surface area contributed by atoms with Crippen molar-refractivity contribution in [2.45, 2.75) is 26.7 Å². The predicted molar refractivity (Wildman–Crippen MR) is 159 cm³/mol. The van der Waals surface area contributed by atoms with Gasteiger partial charge in [-0.15, -0.1) is 0 Å². The number of nitrogens with zero attached hydrogens (tertiary/aromatic N) is 10. The van der Waals surface area contributed by atoms with Gasteiger partial charge in [0.05, 0.1) is 45.0 Å². The molecule has 5 aromatic rings. The Morgan fingerprint density at radius 1 is 0.646 bits per heavy atom. The Hall–Kier alpha value is -7.00. The molecule has 0 spiro atoms. The van der Waals surface area contributed by atoms with E-state index in [1.165, 1.54) is 0 Å². The van der Waals surface area contributed by atoms with Gasteiger partial charge in [-0.2, -0.15) is 10.2 Å². The number of esters is 2. The molecule has 22 nitrogen and oxygen atoms in total. The van der Waals surface area contributed by atoms with Gasteiger partial charge in [-0.25, -0.2) is 28.9 Å². The average molecular weight is 665 g/mol. The lowest BCUT2D eigenvalue weighted by atomic mass is 10.2. The molecule has 0 aliphatic heterocycles. The summed E-state index contributed by atoms with van der Waals surface area (Å²) in [5, 5.41) is 55.0. The molecule has 0 aliphatic rings. The molecule has 0 fully saturated rings. The summed E-state index contributed by atoms with van der Waals surface area (Å²) >= 11 is 0. The first-order valence-electron chi connectivity index (χ1n) is 13.8. The minimum atomic E-state index is -1.03. The first-order valence-corrected chi connectivity index (χ1v) is 13.8. The fourth-order valence-corrected chi connectivity index (χ4v) is 4.46. The van der Waals surface area contributed by atoms with Gasteiger partial charge in [-0.3, -0.25) is 40.5 Å². The molecule has 0 aliphatic carbocycles. The van der Waals surface area contributed by atoms with Crippen LogP contribution in [0.1, 0.15) is 47.7 Å². The molecular formula is C26H20N10O12. The molecule has 0 bridgehead atoms. The predicted octanol–water partition coefficient (Wildman–Crippen LogP) is 3.92. The van der Waals surface area contributed by atoms with Gasteiger partial charge in [0.2, 0.25) is 0 Å². The highest BCUT2D eigenvalue weighted by atomic mass is 16.6. The summed E-state index contributed by atoms with van der Waals surface area (Å²) in [6, 6.07) is 5.20. The number of carbonyl (C=O) groups excluding carboxylic acids is 2. The van der Waals surface area contributed by atoms with Gasteiger partial charge in [-0.1, -0.05) is 13.8 Å². The largest absolute Gasteiger partial charge is 0.461 e. The lowest BCUT2D eigenvalue weighted by Gasteiger charge is -2.06. The summed E-state index contributed by atoms with van der Waals surface area (Å²) in [5.74, 6) is -2.07. The maximum absolute atomic E-state index is 13.1. The Balaban J connectivity index is 1.91. The van der Waals surface area contributed by atoms with Gasteiger partial charge in [0.1, 0.15) is 22.4 Å². The third kappa shape index (κ3) is 5.75. The minimum Gasteiger partial charge on any atom is -0.461 e. The van der Waals surface area contributed by atoms with Crippen LogP contribution >= 0.6 is 0 Å². The molecule has 5 rings (SSSR count). The third-order valence-electron chi connectivity index (χ3n) is 6.56. The fourth-order valence-electron chi connectivity index (χ4n) is 4.46. The molecular weight excluding hydrogens is 644 g/mol.